The summed E-state index contributed by atoms with van der Waals surface area (Å²) in [5.74, 6) is 0.916. The van der Waals surface area contributed by atoms with Gasteiger partial charge in [0, 0.05) is 6.42 Å². The molecule has 6 heteroatoms. The number of nitrogens with one attached hydrogen (secondary N) is 1. The second kappa shape index (κ2) is 8.36. The van der Waals surface area contributed by atoms with Crippen molar-refractivity contribution in [3.05, 3.63) is 17.7 Å². The van der Waals surface area contributed by atoms with E-state index in [0.29, 0.717) is 29.4 Å². The van der Waals surface area contributed by atoms with Crippen LogP contribution in [0.1, 0.15) is 16.8 Å². The molecule has 1 aromatic carbocycles. The largest absolute Gasteiger partial charge is 0.493 e. The first-order chi connectivity index (χ1) is 10.0. The predicted molar refractivity (Wildman–Crippen MR) is 78.7 cm³/mol. The first-order valence-electron chi connectivity index (χ1n) is 6.79. The summed E-state index contributed by atoms with van der Waals surface area (Å²) < 4.78 is 20.9. The Morgan fingerprint density at radius 1 is 1.05 bits per heavy atom. The molecule has 1 aromatic rings. The number of carbonyl (C=O) groups is 1. The lowest BCUT2D eigenvalue weighted by molar-refractivity contribution is -0.858. The van der Waals surface area contributed by atoms with E-state index < -0.39 is 5.97 Å². The minimum atomic E-state index is -0.400. The van der Waals surface area contributed by atoms with E-state index in [9.17, 15) is 4.79 Å². The molecular weight excluding hydrogens is 274 g/mol. The molecule has 6 nitrogen and oxygen atoms in total. The van der Waals surface area contributed by atoms with Gasteiger partial charge in [0.15, 0.2) is 11.5 Å². The lowest BCUT2D eigenvalue weighted by Gasteiger charge is -2.14. The van der Waals surface area contributed by atoms with Gasteiger partial charge in [-0.25, -0.2) is 4.79 Å². The van der Waals surface area contributed by atoms with Crippen LogP contribution in [0.2, 0.25) is 0 Å². The second-order valence-electron chi connectivity index (χ2n) is 4.86. The topological polar surface area (TPSA) is 58.4 Å². The Labute approximate surface area is 125 Å². The average molecular weight is 298 g/mol. The van der Waals surface area contributed by atoms with Crippen molar-refractivity contribution < 1.29 is 28.6 Å². The number of methoxy groups -OCH3 is 3. The lowest BCUT2D eigenvalue weighted by Crippen LogP contribution is -3.05. The van der Waals surface area contributed by atoms with Gasteiger partial charge in [0.2, 0.25) is 5.75 Å². The molecule has 0 aliphatic rings. The highest BCUT2D eigenvalue weighted by atomic mass is 16.5. The van der Waals surface area contributed by atoms with Crippen molar-refractivity contribution in [1.29, 1.82) is 0 Å². The standard InChI is InChI=1S/C15H23NO5/c1-16(2)7-6-8-21-15(17)11-9-12(18-3)14(20-5)13(10-11)19-4/h9-10H,6-8H2,1-5H3/p+1. The smallest absolute Gasteiger partial charge is 0.338 e. The van der Waals surface area contributed by atoms with E-state index in [0.717, 1.165) is 13.0 Å². The summed E-state index contributed by atoms with van der Waals surface area (Å²) in [7, 11) is 8.64. The van der Waals surface area contributed by atoms with E-state index in [1.165, 1.54) is 26.2 Å². The Morgan fingerprint density at radius 3 is 2.05 bits per heavy atom. The van der Waals surface area contributed by atoms with Gasteiger partial charge in [-0.15, -0.1) is 0 Å². The molecule has 0 saturated carbocycles. The summed E-state index contributed by atoms with van der Waals surface area (Å²) in [5.41, 5.74) is 0.377. The van der Waals surface area contributed by atoms with Gasteiger partial charge in [-0.1, -0.05) is 0 Å². The van der Waals surface area contributed by atoms with Crippen LogP contribution in [-0.2, 0) is 4.74 Å². The normalized spacial score (nSPS) is 10.4. The molecule has 0 heterocycles. The van der Waals surface area contributed by atoms with Gasteiger partial charge in [0.1, 0.15) is 0 Å². The zero-order chi connectivity index (χ0) is 15.8. The third kappa shape index (κ3) is 4.82. The molecule has 0 aliphatic carbocycles. The molecule has 118 valence electrons. The van der Waals surface area contributed by atoms with Crippen molar-refractivity contribution in [3.63, 3.8) is 0 Å². The summed E-state index contributed by atoms with van der Waals surface area (Å²) in [6.07, 6.45) is 0.818. The van der Waals surface area contributed by atoms with Gasteiger partial charge < -0.3 is 23.8 Å². The number of carbonyl (C=O) groups excluding carboxylic acids is 1. The molecule has 0 spiro atoms. The maximum atomic E-state index is 12.0. The quantitative estimate of drug-likeness (QED) is 0.556. The highest BCUT2D eigenvalue weighted by Crippen LogP contribution is 2.38. The van der Waals surface area contributed by atoms with Gasteiger partial charge >= 0.3 is 5.97 Å². The van der Waals surface area contributed by atoms with E-state index in [4.69, 9.17) is 18.9 Å². The number of hydrogen-bond donors (Lipinski definition) is 1. The molecule has 0 amide bonds. The molecular formula is C15H24NO5+. The Kier molecular flexibility index (Phi) is 6.81. The van der Waals surface area contributed by atoms with E-state index in [1.54, 1.807) is 12.1 Å². The summed E-state index contributed by atoms with van der Waals surface area (Å²) in [6, 6.07) is 3.17. The van der Waals surface area contributed by atoms with Gasteiger partial charge in [-0.3, -0.25) is 0 Å². The highest BCUT2D eigenvalue weighted by molar-refractivity contribution is 5.91. The summed E-state index contributed by atoms with van der Waals surface area (Å²) >= 11 is 0. The van der Waals surface area contributed by atoms with Crippen LogP contribution in [0.5, 0.6) is 17.2 Å². The highest BCUT2D eigenvalue weighted by Gasteiger charge is 2.17. The van der Waals surface area contributed by atoms with Crippen molar-refractivity contribution in [2.45, 2.75) is 6.42 Å². The van der Waals surface area contributed by atoms with Crippen molar-refractivity contribution in [3.8, 4) is 17.2 Å². The molecule has 0 radical (unpaired) electrons. The van der Waals surface area contributed by atoms with E-state index in [-0.39, 0.29) is 0 Å². The molecule has 0 atom stereocenters. The Hall–Kier alpha value is -1.95. The Balaban J connectivity index is 2.80. The van der Waals surface area contributed by atoms with Gasteiger partial charge in [0.05, 0.1) is 54.1 Å². The maximum Gasteiger partial charge on any atom is 0.338 e. The van der Waals surface area contributed by atoms with Gasteiger partial charge in [0.25, 0.3) is 0 Å². The fourth-order valence-corrected chi connectivity index (χ4v) is 1.87. The minimum absolute atomic E-state index is 0.377. The van der Waals surface area contributed by atoms with E-state index in [2.05, 4.69) is 14.1 Å². The summed E-state index contributed by atoms with van der Waals surface area (Å²) in [4.78, 5) is 13.4. The fraction of sp³-hybridized carbons (Fsp3) is 0.533. The van der Waals surface area contributed by atoms with Crippen LogP contribution in [0.4, 0.5) is 0 Å². The molecule has 0 bridgehead atoms. The second-order valence-corrected chi connectivity index (χ2v) is 4.86. The van der Waals surface area contributed by atoms with Crippen LogP contribution >= 0.6 is 0 Å². The van der Waals surface area contributed by atoms with Crippen molar-refractivity contribution in [1.82, 2.24) is 0 Å². The maximum absolute atomic E-state index is 12.0. The fourth-order valence-electron chi connectivity index (χ4n) is 1.87. The van der Waals surface area contributed by atoms with E-state index >= 15 is 0 Å². The van der Waals surface area contributed by atoms with E-state index in [1.807, 2.05) is 0 Å². The Morgan fingerprint density at radius 2 is 1.62 bits per heavy atom. The first-order valence-corrected chi connectivity index (χ1v) is 6.79. The van der Waals surface area contributed by atoms with Crippen molar-refractivity contribution in [2.24, 2.45) is 0 Å². The Bertz CT molecular complexity index is 448. The van der Waals surface area contributed by atoms with Gasteiger partial charge in [-0.2, -0.15) is 0 Å². The third-order valence-corrected chi connectivity index (χ3v) is 2.95. The average Bonchev–Trinajstić information content (AvgIpc) is 2.49. The number of esters is 1. The van der Waals surface area contributed by atoms with Crippen molar-refractivity contribution in [2.75, 3.05) is 48.6 Å². The molecule has 1 rings (SSSR count). The number of hydrogen-bond acceptors (Lipinski definition) is 5. The van der Waals surface area contributed by atoms with Crippen LogP contribution in [0, 0.1) is 0 Å². The van der Waals surface area contributed by atoms with Gasteiger partial charge in [-0.05, 0) is 12.1 Å². The molecule has 0 fully saturated rings. The predicted octanol–water partition coefficient (Wildman–Crippen LogP) is 0.404. The SMILES string of the molecule is COc1cc(C(=O)OCCC[NH+](C)C)cc(OC)c1OC. The minimum Gasteiger partial charge on any atom is -0.493 e. The molecule has 0 aromatic heterocycles. The zero-order valence-corrected chi connectivity index (χ0v) is 13.3. The number of quaternary nitrogens is 1. The van der Waals surface area contributed by atoms with Crippen LogP contribution in [0.15, 0.2) is 12.1 Å². The molecule has 21 heavy (non-hydrogen) atoms. The number of ether oxygens (including phenoxy) is 4. The van der Waals surface area contributed by atoms with Crippen LogP contribution in [-0.4, -0.2) is 54.5 Å². The molecule has 0 unspecified atom stereocenters. The van der Waals surface area contributed by atoms with Crippen LogP contribution in [0.25, 0.3) is 0 Å². The third-order valence-electron chi connectivity index (χ3n) is 2.95. The monoisotopic (exact) mass is 298 g/mol. The number of rotatable bonds is 8. The van der Waals surface area contributed by atoms with Crippen LogP contribution < -0.4 is 19.1 Å². The van der Waals surface area contributed by atoms with Crippen LogP contribution in [0.3, 0.4) is 0 Å². The summed E-state index contributed by atoms with van der Waals surface area (Å²) in [6.45, 7) is 1.34. The molecule has 1 N–H and O–H groups in total. The molecule has 0 aliphatic heterocycles. The first kappa shape index (κ1) is 17.1. The lowest BCUT2D eigenvalue weighted by atomic mass is 10.2. The molecule has 0 saturated heterocycles. The zero-order valence-electron chi connectivity index (χ0n) is 13.3. The summed E-state index contributed by atoms with van der Waals surface area (Å²) in [5, 5.41) is 0. The number of benzene rings is 1. The van der Waals surface area contributed by atoms with Crippen molar-refractivity contribution >= 4 is 5.97 Å².